The summed E-state index contributed by atoms with van der Waals surface area (Å²) in [5, 5.41) is 23.0. The summed E-state index contributed by atoms with van der Waals surface area (Å²) in [5.41, 5.74) is 1.33. The highest BCUT2D eigenvalue weighted by Gasteiger charge is 2.25. The first-order valence-electron chi connectivity index (χ1n) is 5.89. The van der Waals surface area contributed by atoms with Crippen LogP contribution in [0.5, 0.6) is 5.75 Å². The third-order valence-electron chi connectivity index (χ3n) is 2.84. The number of pyridine rings is 1. The smallest absolute Gasteiger partial charge is 0.341 e. The minimum absolute atomic E-state index is 0.225. The van der Waals surface area contributed by atoms with Crippen LogP contribution in [0.1, 0.15) is 34.5 Å². The summed E-state index contributed by atoms with van der Waals surface area (Å²) in [7, 11) is 0. The Kier molecular flexibility index (Phi) is 3.79. The lowest BCUT2D eigenvalue weighted by Gasteiger charge is -2.18. The summed E-state index contributed by atoms with van der Waals surface area (Å²) in [6, 6.07) is 0. The lowest BCUT2D eigenvalue weighted by molar-refractivity contribution is 0.0693. The van der Waals surface area contributed by atoms with Crippen LogP contribution in [0.2, 0.25) is 0 Å². The molecule has 0 saturated heterocycles. The molecule has 1 aromatic heterocycles. The van der Waals surface area contributed by atoms with Gasteiger partial charge in [-0.3, -0.25) is 4.98 Å². The van der Waals surface area contributed by atoms with E-state index in [0.29, 0.717) is 29.8 Å². The molecule has 0 aliphatic heterocycles. The van der Waals surface area contributed by atoms with Crippen molar-refractivity contribution < 1.29 is 19.8 Å². The molecule has 0 amide bonds. The van der Waals surface area contributed by atoms with Gasteiger partial charge >= 0.3 is 5.97 Å². The normalized spacial score (nSPS) is 15.9. The molecule has 1 aromatic rings. The van der Waals surface area contributed by atoms with Crippen molar-refractivity contribution in [1.82, 2.24) is 4.98 Å². The molecule has 19 heavy (non-hydrogen) atoms. The first kappa shape index (κ1) is 13.1. The molecule has 0 radical (unpaired) electrons. The van der Waals surface area contributed by atoms with Gasteiger partial charge in [-0.1, -0.05) is 17.8 Å². The largest absolute Gasteiger partial charge is 0.506 e. The molecule has 1 heterocycles. The topological polar surface area (TPSA) is 92.0 Å². The third-order valence-corrected chi connectivity index (χ3v) is 2.84. The zero-order valence-corrected chi connectivity index (χ0v) is 10.3. The molecule has 1 aliphatic rings. The summed E-state index contributed by atoms with van der Waals surface area (Å²) in [5.74, 6) is -1.51. The number of carboxylic acids is 1. The number of aromatic nitrogens is 1. The van der Waals surface area contributed by atoms with Crippen LogP contribution in [0.4, 0.5) is 0 Å². The van der Waals surface area contributed by atoms with Crippen molar-refractivity contribution in [2.24, 2.45) is 5.16 Å². The number of fused-ring (bicyclic) bond motifs is 1. The molecular formula is C13H14N2O4. The highest BCUT2D eigenvalue weighted by Crippen LogP contribution is 2.30. The van der Waals surface area contributed by atoms with Crippen LogP contribution in [0, 0.1) is 0 Å². The molecule has 0 saturated carbocycles. The number of aromatic carboxylic acids is 1. The van der Waals surface area contributed by atoms with Crippen molar-refractivity contribution in [3.63, 3.8) is 0 Å². The van der Waals surface area contributed by atoms with E-state index in [4.69, 9.17) is 9.94 Å². The summed E-state index contributed by atoms with van der Waals surface area (Å²) < 4.78 is 0. The highest BCUT2D eigenvalue weighted by atomic mass is 16.6. The molecular weight excluding hydrogens is 248 g/mol. The van der Waals surface area contributed by atoms with E-state index in [1.807, 2.05) is 0 Å². The van der Waals surface area contributed by atoms with Crippen molar-refractivity contribution in [3.05, 3.63) is 35.7 Å². The standard InChI is InChI=1S/C13H14N2O4/c1-2-6-19-15-10-5-3-4-9-11(10)12(16)8(7-14-9)13(17)18/h2,7H,1,3-6H2,(H,14,16)(H,17,18). The lowest BCUT2D eigenvalue weighted by atomic mass is 9.92. The minimum atomic E-state index is -1.22. The Balaban J connectivity index is 2.46. The van der Waals surface area contributed by atoms with E-state index in [1.165, 1.54) is 6.20 Å². The fourth-order valence-electron chi connectivity index (χ4n) is 2.00. The summed E-state index contributed by atoms with van der Waals surface area (Å²) in [6.45, 7) is 3.76. The molecule has 0 unspecified atom stereocenters. The average Bonchev–Trinajstić information content (AvgIpc) is 2.39. The van der Waals surface area contributed by atoms with E-state index in [2.05, 4.69) is 16.7 Å². The van der Waals surface area contributed by atoms with Crippen molar-refractivity contribution in [2.75, 3.05) is 6.61 Å². The molecule has 0 bridgehead atoms. The molecule has 6 nitrogen and oxygen atoms in total. The number of nitrogens with zero attached hydrogens (tertiary/aromatic N) is 2. The number of aryl methyl sites for hydroxylation is 1. The Hall–Kier alpha value is -2.37. The molecule has 0 aromatic carbocycles. The maximum atomic E-state index is 11.0. The Morgan fingerprint density at radius 1 is 1.58 bits per heavy atom. The molecule has 0 fully saturated rings. The highest BCUT2D eigenvalue weighted by molar-refractivity contribution is 6.06. The van der Waals surface area contributed by atoms with Crippen LogP contribution < -0.4 is 0 Å². The first-order chi connectivity index (χ1) is 9.15. The van der Waals surface area contributed by atoms with Crippen molar-refractivity contribution in [3.8, 4) is 5.75 Å². The van der Waals surface area contributed by atoms with E-state index in [9.17, 15) is 9.90 Å². The SMILES string of the molecule is C=CCON=C1CCCc2ncc(C(=O)O)c(O)c21. The van der Waals surface area contributed by atoms with Gasteiger partial charge in [0.1, 0.15) is 17.9 Å². The molecule has 2 rings (SSSR count). The number of carbonyl (C=O) groups is 1. The van der Waals surface area contributed by atoms with Gasteiger partial charge in [0, 0.05) is 6.20 Å². The second-order valence-corrected chi connectivity index (χ2v) is 4.12. The third kappa shape index (κ3) is 2.57. The number of aromatic hydroxyl groups is 1. The fraction of sp³-hybridized carbons (Fsp3) is 0.308. The van der Waals surface area contributed by atoms with Gasteiger partial charge in [0.05, 0.1) is 17.0 Å². The van der Waals surface area contributed by atoms with E-state index < -0.39 is 5.97 Å². The van der Waals surface area contributed by atoms with E-state index in [0.717, 1.165) is 6.42 Å². The van der Waals surface area contributed by atoms with E-state index >= 15 is 0 Å². The molecule has 6 heteroatoms. The Morgan fingerprint density at radius 3 is 3.05 bits per heavy atom. The van der Waals surface area contributed by atoms with Gasteiger partial charge in [0.2, 0.25) is 0 Å². The van der Waals surface area contributed by atoms with Crippen LogP contribution in [-0.2, 0) is 11.3 Å². The van der Waals surface area contributed by atoms with E-state index in [-0.39, 0.29) is 17.9 Å². The minimum Gasteiger partial charge on any atom is -0.506 e. The number of carboxylic acid groups (broad SMARTS) is 1. The van der Waals surface area contributed by atoms with Gasteiger partial charge in [0.25, 0.3) is 0 Å². The van der Waals surface area contributed by atoms with Crippen molar-refractivity contribution in [2.45, 2.75) is 19.3 Å². The van der Waals surface area contributed by atoms with Crippen LogP contribution >= 0.6 is 0 Å². The molecule has 1 aliphatic carbocycles. The van der Waals surface area contributed by atoms with Gasteiger partial charge in [-0.2, -0.15) is 0 Å². The van der Waals surface area contributed by atoms with E-state index in [1.54, 1.807) is 6.08 Å². The average molecular weight is 262 g/mol. The van der Waals surface area contributed by atoms with Crippen LogP contribution in [-0.4, -0.2) is 33.5 Å². The Bertz CT molecular complexity index is 552. The zero-order valence-electron chi connectivity index (χ0n) is 10.3. The molecule has 0 spiro atoms. The quantitative estimate of drug-likeness (QED) is 0.489. The zero-order chi connectivity index (χ0) is 13.8. The molecule has 2 N–H and O–H groups in total. The second-order valence-electron chi connectivity index (χ2n) is 4.12. The van der Waals surface area contributed by atoms with Crippen LogP contribution in [0.3, 0.4) is 0 Å². The lowest BCUT2D eigenvalue weighted by Crippen LogP contribution is -2.16. The van der Waals surface area contributed by atoms with Crippen molar-refractivity contribution >= 4 is 11.7 Å². The van der Waals surface area contributed by atoms with Gasteiger partial charge in [-0.25, -0.2) is 4.79 Å². The van der Waals surface area contributed by atoms with Gasteiger partial charge in [0.15, 0.2) is 0 Å². The summed E-state index contributed by atoms with van der Waals surface area (Å²) >= 11 is 0. The van der Waals surface area contributed by atoms with Crippen LogP contribution in [0.15, 0.2) is 24.0 Å². The maximum Gasteiger partial charge on any atom is 0.341 e. The summed E-state index contributed by atoms with van der Waals surface area (Å²) in [6.07, 6.45) is 4.86. The monoisotopic (exact) mass is 262 g/mol. The van der Waals surface area contributed by atoms with Gasteiger partial charge < -0.3 is 15.1 Å². The molecule has 0 atom stereocenters. The first-order valence-corrected chi connectivity index (χ1v) is 5.89. The van der Waals surface area contributed by atoms with Crippen molar-refractivity contribution in [1.29, 1.82) is 0 Å². The number of hydrogen-bond acceptors (Lipinski definition) is 5. The fourth-order valence-corrected chi connectivity index (χ4v) is 2.00. The predicted octanol–water partition coefficient (Wildman–Crippen LogP) is 1.73. The number of oxime groups is 1. The van der Waals surface area contributed by atoms with Gasteiger partial charge in [-0.15, -0.1) is 0 Å². The Morgan fingerprint density at radius 2 is 2.37 bits per heavy atom. The van der Waals surface area contributed by atoms with Crippen LogP contribution in [0.25, 0.3) is 0 Å². The molecule has 100 valence electrons. The predicted molar refractivity (Wildman–Crippen MR) is 68.5 cm³/mol. The maximum absolute atomic E-state index is 11.0. The van der Waals surface area contributed by atoms with Gasteiger partial charge in [-0.05, 0) is 19.3 Å². The Labute approximate surface area is 110 Å². The number of hydrogen-bond donors (Lipinski definition) is 2. The number of rotatable bonds is 4. The summed E-state index contributed by atoms with van der Waals surface area (Å²) in [4.78, 5) is 20.1. The second kappa shape index (κ2) is 5.51.